The van der Waals surface area contributed by atoms with Gasteiger partial charge < -0.3 is 25.0 Å². The van der Waals surface area contributed by atoms with Gasteiger partial charge in [0, 0.05) is 18.7 Å². The third kappa shape index (κ3) is 6.38. The summed E-state index contributed by atoms with van der Waals surface area (Å²) in [4.78, 5) is 14.2. The minimum atomic E-state index is -2.92. The van der Waals surface area contributed by atoms with Crippen LogP contribution >= 0.6 is 0 Å². The van der Waals surface area contributed by atoms with Gasteiger partial charge in [-0.25, -0.2) is 4.79 Å². The molecule has 0 aromatic heterocycles. The molecule has 2 aromatic carbocycles. The van der Waals surface area contributed by atoms with E-state index < -0.39 is 12.6 Å². The second-order valence-corrected chi connectivity index (χ2v) is 6.30. The third-order valence-corrected chi connectivity index (χ3v) is 4.21. The maximum absolute atomic E-state index is 12.5. The van der Waals surface area contributed by atoms with E-state index in [4.69, 9.17) is 4.74 Å². The minimum Gasteiger partial charge on any atom is -0.497 e. The lowest BCUT2D eigenvalue weighted by molar-refractivity contribution is -0.0504. The van der Waals surface area contributed by atoms with Gasteiger partial charge in [-0.05, 0) is 37.9 Å². The number of ether oxygens (including phenoxy) is 2. The van der Waals surface area contributed by atoms with Crippen LogP contribution in [0.25, 0.3) is 0 Å². The molecular formula is C20H25F2N3O3. The van der Waals surface area contributed by atoms with Crippen molar-refractivity contribution in [2.45, 2.75) is 19.2 Å². The van der Waals surface area contributed by atoms with Gasteiger partial charge in [0.2, 0.25) is 0 Å². The number of rotatable bonds is 9. The van der Waals surface area contributed by atoms with E-state index in [0.29, 0.717) is 12.1 Å². The Hall–Kier alpha value is -2.87. The molecule has 0 heterocycles. The lowest BCUT2D eigenvalue weighted by Crippen LogP contribution is -2.40. The SMILES string of the molecule is COc1ccc(C(CNC(=O)NCc2ccccc2OC(F)F)N(C)C)cc1. The van der Waals surface area contributed by atoms with Crippen molar-refractivity contribution in [1.29, 1.82) is 0 Å². The van der Waals surface area contributed by atoms with E-state index >= 15 is 0 Å². The fourth-order valence-corrected chi connectivity index (χ4v) is 2.71. The molecule has 2 rings (SSSR count). The van der Waals surface area contributed by atoms with Gasteiger partial charge in [0.05, 0.1) is 13.2 Å². The van der Waals surface area contributed by atoms with E-state index in [9.17, 15) is 13.6 Å². The van der Waals surface area contributed by atoms with Gasteiger partial charge in [-0.2, -0.15) is 8.78 Å². The number of likely N-dealkylation sites (N-methyl/N-ethyl adjacent to an activating group) is 1. The van der Waals surface area contributed by atoms with Crippen LogP contribution in [0.15, 0.2) is 48.5 Å². The molecule has 2 aromatic rings. The maximum atomic E-state index is 12.5. The van der Waals surface area contributed by atoms with Crippen LogP contribution in [-0.4, -0.2) is 45.3 Å². The molecule has 0 aliphatic carbocycles. The first-order valence-corrected chi connectivity index (χ1v) is 8.75. The highest BCUT2D eigenvalue weighted by Crippen LogP contribution is 2.21. The molecule has 6 nitrogen and oxygen atoms in total. The number of nitrogens with zero attached hydrogens (tertiary/aromatic N) is 1. The van der Waals surface area contributed by atoms with Crippen LogP contribution in [0.5, 0.6) is 11.5 Å². The van der Waals surface area contributed by atoms with Crippen LogP contribution in [0.2, 0.25) is 0 Å². The van der Waals surface area contributed by atoms with Crippen molar-refractivity contribution >= 4 is 6.03 Å². The zero-order valence-electron chi connectivity index (χ0n) is 16.1. The fraction of sp³-hybridized carbons (Fsp3) is 0.350. The van der Waals surface area contributed by atoms with E-state index in [1.54, 1.807) is 25.3 Å². The summed E-state index contributed by atoms with van der Waals surface area (Å²) in [6, 6.07) is 13.5. The Morgan fingerprint density at radius 1 is 1.07 bits per heavy atom. The smallest absolute Gasteiger partial charge is 0.387 e. The number of halogens is 2. The van der Waals surface area contributed by atoms with Crippen molar-refractivity contribution in [2.24, 2.45) is 0 Å². The molecule has 28 heavy (non-hydrogen) atoms. The monoisotopic (exact) mass is 393 g/mol. The molecule has 0 spiro atoms. The lowest BCUT2D eigenvalue weighted by Gasteiger charge is -2.25. The topological polar surface area (TPSA) is 62.8 Å². The van der Waals surface area contributed by atoms with Gasteiger partial charge in [0.1, 0.15) is 11.5 Å². The zero-order chi connectivity index (χ0) is 20.5. The number of hydrogen-bond donors (Lipinski definition) is 2. The Kier molecular flexibility index (Phi) is 8.01. The molecule has 2 amide bonds. The summed E-state index contributed by atoms with van der Waals surface area (Å²) in [6.07, 6.45) is 0. The van der Waals surface area contributed by atoms with E-state index in [1.165, 1.54) is 6.07 Å². The van der Waals surface area contributed by atoms with Crippen molar-refractivity contribution in [3.8, 4) is 11.5 Å². The second kappa shape index (κ2) is 10.5. The number of carbonyl (C=O) groups excluding carboxylic acids is 1. The van der Waals surface area contributed by atoms with Gasteiger partial charge in [-0.15, -0.1) is 0 Å². The highest BCUT2D eigenvalue weighted by atomic mass is 19.3. The normalized spacial score (nSPS) is 12.0. The van der Waals surface area contributed by atoms with Gasteiger partial charge in [-0.1, -0.05) is 30.3 Å². The maximum Gasteiger partial charge on any atom is 0.387 e. The van der Waals surface area contributed by atoms with Crippen molar-refractivity contribution in [3.63, 3.8) is 0 Å². The summed E-state index contributed by atoms with van der Waals surface area (Å²) in [5.41, 5.74) is 1.50. The summed E-state index contributed by atoms with van der Waals surface area (Å²) in [7, 11) is 5.45. The van der Waals surface area contributed by atoms with Gasteiger partial charge >= 0.3 is 12.6 Å². The van der Waals surface area contributed by atoms with Crippen molar-refractivity contribution in [3.05, 3.63) is 59.7 Å². The number of methoxy groups -OCH3 is 1. The third-order valence-electron chi connectivity index (χ3n) is 4.21. The minimum absolute atomic E-state index is 0.0360. The summed E-state index contributed by atoms with van der Waals surface area (Å²) >= 11 is 0. The standard InChI is InChI=1S/C20H25F2N3O3/c1-25(2)17(14-8-10-16(27-3)11-9-14)13-24-20(26)23-12-15-6-4-5-7-18(15)28-19(21)22/h4-11,17,19H,12-13H2,1-3H3,(H2,23,24,26). The highest BCUT2D eigenvalue weighted by molar-refractivity contribution is 5.74. The van der Waals surface area contributed by atoms with Crippen LogP contribution in [0.4, 0.5) is 13.6 Å². The van der Waals surface area contributed by atoms with Crippen LogP contribution in [0.1, 0.15) is 17.2 Å². The molecule has 0 aliphatic rings. The van der Waals surface area contributed by atoms with Crippen molar-refractivity contribution in [1.82, 2.24) is 15.5 Å². The first kappa shape index (κ1) is 21.4. The zero-order valence-corrected chi connectivity index (χ0v) is 16.1. The van der Waals surface area contributed by atoms with E-state index in [1.807, 2.05) is 43.3 Å². The molecule has 2 N–H and O–H groups in total. The molecule has 0 fully saturated rings. The summed E-state index contributed by atoms with van der Waals surface area (Å²) < 4.78 is 34.5. The first-order valence-electron chi connectivity index (χ1n) is 8.75. The Bertz CT molecular complexity index is 755. The van der Waals surface area contributed by atoms with E-state index in [-0.39, 0.29) is 18.3 Å². The molecule has 0 saturated heterocycles. The molecule has 0 radical (unpaired) electrons. The number of amides is 2. The molecule has 0 bridgehead atoms. The van der Waals surface area contributed by atoms with Crippen LogP contribution in [-0.2, 0) is 6.54 Å². The largest absolute Gasteiger partial charge is 0.497 e. The lowest BCUT2D eigenvalue weighted by atomic mass is 10.1. The van der Waals surface area contributed by atoms with Gasteiger partial charge in [-0.3, -0.25) is 0 Å². The van der Waals surface area contributed by atoms with Gasteiger partial charge in [0.25, 0.3) is 0 Å². The van der Waals surface area contributed by atoms with Crippen LogP contribution in [0.3, 0.4) is 0 Å². The number of hydrogen-bond acceptors (Lipinski definition) is 4. The molecule has 0 aliphatic heterocycles. The highest BCUT2D eigenvalue weighted by Gasteiger charge is 2.16. The molecule has 1 unspecified atom stereocenters. The number of para-hydroxylation sites is 1. The number of urea groups is 1. The average molecular weight is 393 g/mol. The molecule has 1 atom stereocenters. The molecule has 8 heteroatoms. The number of nitrogens with one attached hydrogen (secondary N) is 2. The summed E-state index contributed by atoms with van der Waals surface area (Å²) in [6.45, 7) is -2.47. The number of carbonyl (C=O) groups is 1. The Labute approximate surface area is 163 Å². The van der Waals surface area contributed by atoms with Crippen LogP contribution in [0, 0.1) is 0 Å². The summed E-state index contributed by atoms with van der Waals surface area (Å²) in [5.74, 6) is 0.804. The first-order chi connectivity index (χ1) is 13.4. The summed E-state index contributed by atoms with van der Waals surface area (Å²) in [5, 5.41) is 5.47. The Morgan fingerprint density at radius 2 is 1.75 bits per heavy atom. The predicted molar refractivity (Wildman–Crippen MR) is 103 cm³/mol. The van der Waals surface area contributed by atoms with E-state index in [2.05, 4.69) is 15.4 Å². The van der Waals surface area contributed by atoms with E-state index in [0.717, 1.165) is 11.3 Å². The predicted octanol–water partition coefficient (Wildman–Crippen LogP) is 3.40. The van der Waals surface area contributed by atoms with Gasteiger partial charge in [0.15, 0.2) is 0 Å². The Morgan fingerprint density at radius 3 is 2.36 bits per heavy atom. The number of benzene rings is 2. The second-order valence-electron chi connectivity index (χ2n) is 6.30. The van der Waals surface area contributed by atoms with Crippen molar-refractivity contribution in [2.75, 3.05) is 27.7 Å². The molecular weight excluding hydrogens is 368 g/mol. The Balaban J connectivity index is 1.91. The molecule has 0 saturated carbocycles. The van der Waals surface area contributed by atoms with Crippen LogP contribution < -0.4 is 20.1 Å². The fourth-order valence-electron chi connectivity index (χ4n) is 2.71. The quantitative estimate of drug-likeness (QED) is 0.686. The number of alkyl halides is 2. The molecule has 152 valence electrons. The average Bonchev–Trinajstić information content (AvgIpc) is 2.67. The van der Waals surface area contributed by atoms with Crippen molar-refractivity contribution < 1.29 is 23.0 Å².